The molecule has 0 saturated carbocycles. The summed E-state index contributed by atoms with van der Waals surface area (Å²) in [5.74, 6) is 0.522. The van der Waals surface area contributed by atoms with Crippen molar-refractivity contribution < 1.29 is 4.74 Å². The van der Waals surface area contributed by atoms with Crippen molar-refractivity contribution in [3.8, 4) is 5.75 Å². The van der Waals surface area contributed by atoms with Gasteiger partial charge in [-0.05, 0) is 23.7 Å². The van der Waals surface area contributed by atoms with Gasteiger partial charge in [0.1, 0.15) is 5.52 Å². The maximum absolute atomic E-state index is 5.93. The molecular formula is C9H6Cl2N2O. The van der Waals surface area contributed by atoms with Crippen molar-refractivity contribution in [2.75, 3.05) is 7.11 Å². The van der Waals surface area contributed by atoms with E-state index in [1.807, 2.05) is 6.07 Å². The third kappa shape index (κ3) is 1.49. The summed E-state index contributed by atoms with van der Waals surface area (Å²) < 4.78 is 5.13. The van der Waals surface area contributed by atoms with Crippen LogP contribution in [0.1, 0.15) is 0 Å². The molecule has 0 aliphatic rings. The van der Waals surface area contributed by atoms with E-state index in [-0.39, 0.29) is 5.28 Å². The quantitative estimate of drug-likeness (QED) is 0.705. The predicted molar refractivity (Wildman–Crippen MR) is 56.1 cm³/mol. The molecule has 1 heterocycles. The van der Waals surface area contributed by atoms with Gasteiger partial charge in [0.05, 0.1) is 12.1 Å². The lowest BCUT2D eigenvalue weighted by Crippen LogP contribution is -1.90. The molecule has 72 valence electrons. The average Bonchev–Trinajstić information content (AvgIpc) is 2.17. The molecule has 1 aromatic carbocycles. The summed E-state index contributed by atoms with van der Waals surface area (Å²) in [7, 11) is 1.54. The molecule has 0 unspecified atom stereocenters. The zero-order chi connectivity index (χ0) is 10.1. The Morgan fingerprint density at radius 2 is 2.07 bits per heavy atom. The molecule has 1 aromatic heterocycles. The summed E-state index contributed by atoms with van der Waals surface area (Å²) >= 11 is 11.6. The molecule has 0 N–H and O–H groups in total. The van der Waals surface area contributed by atoms with Gasteiger partial charge in [-0.15, -0.1) is 0 Å². The van der Waals surface area contributed by atoms with Crippen molar-refractivity contribution in [2.45, 2.75) is 0 Å². The lowest BCUT2D eigenvalue weighted by atomic mass is 10.2. The Bertz CT molecular complexity index is 482. The fourth-order valence-electron chi connectivity index (χ4n) is 1.22. The highest BCUT2D eigenvalue weighted by molar-refractivity contribution is 6.33. The standard InChI is InChI=1S/C9H6Cl2N2O/c1-14-8-6(10)3-2-5-4-12-9(11)13-7(5)8/h2-4H,1H3. The first-order valence-corrected chi connectivity index (χ1v) is 4.62. The molecule has 0 aliphatic carbocycles. The zero-order valence-corrected chi connectivity index (χ0v) is 8.80. The van der Waals surface area contributed by atoms with Crippen LogP contribution < -0.4 is 4.74 Å². The van der Waals surface area contributed by atoms with Crippen LogP contribution in [0.5, 0.6) is 5.75 Å². The molecule has 0 bridgehead atoms. The number of methoxy groups -OCH3 is 1. The van der Waals surface area contributed by atoms with E-state index in [1.54, 1.807) is 12.3 Å². The number of fused-ring (bicyclic) bond motifs is 1. The maximum Gasteiger partial charge on any atom is 0.223 e. The van der Waals surface area contributed by atoms with Crippen LogP contribution in [0.2, 0.25) is 10.3 Å². The van der Waals surface area contributed by atoms with Crippen molar-refractivity contribution in [2.24, 2.45) is 0 Å². The van der Waals surface area contributed by atoms with Crippen LogP contribution in [-0.2, 0) is 0 Å². The first-order valence-electron chi connectivity index (χ1n) is 3.87. The molecule has 2 rings (SSSR count). The predicted octanol–water partition coefficient (Wildman–Crippen LogP) is 2.95. The summed E-state index contributed by atoms with van der Waals surface area (Å²) in [5.41, 5.74) is 0.625. The Hall–Kier alpha value is -1.06. The molecule has 0 spiro atoms. The van der Waals surface area contributed by atoms with Crippen LogP contribution in [0.15, 0.2) is 18.3 Å². The van der Waals surface area contributed by atoms with Gasteiger partial charge < -0.3 is 4.74 Å². The van der Waals surface area contributed by atoms with Crippen LogP contribution in [-0.4, -0.2) is 17.1 Å². The number of aromatic nitrogens is 2. The summed E-state index contributed by atoms with van der Waals surface area (Å²) in [6.45, 7) is 0. The molecule has 0 aliphatic heterocycles. The van der Waals surface area contributed by atoms with E-state index in [2.05, 4.69) is 9.97 Å². The van der Waals surface area contributed by atoms with Gasteiger partial charge in [-0.25, -0.2) is 9.97 Å². The number of nitrogens with zero attached hydrogens (tertiary/aromatic N) is 2. The second-order valence-corrected chi connectivity index (χ2v) is 3.40. The highest BCUT2D eigenvalue weighted by Crippen LogP contribution is 2.31. The number of hydrogen-bond acceptors (Lipinski definition) is 3. The van der Waals surface area contributed by atoms with E-state index in [1.165, 1.54) is 7.11 Å². The van der Waals surface area contributed by atoms with Gasteiger partial charge in [-0.3, -0.25) is 0 Å². The van der Waals surface area contributed by atoms with Gasteiger partial charge >= 0.3 is 0 Å². The summed E-state index contributed by atoms with van der Waals surface area (Å²) in [5, 5.41) is 1.53. The highest BCUT2D eigenvalue weighted by Gasteiger charge is 2.08. The fourth-order valence-corrected chi connectivity index (χ4v) is 1.58. The summed E-state index contributed by atoms with van der Waals surface area (Å²) in [6, 6.07) is 3.55. The Morgan fingerprint density at radius 3 is 2.79 bits per heavy atom. The molecule has 0 atom stereocenters. The average molecular weight is 229 g/mol. The first-order chi connectivity index (χ1) is 6.72. The SMILES string of the molecule is COc1c(Cl)ccc2cnc(Cl)nc12. The first kappa shape index (κ1) is 9.49. The van der Waals surface area contributed by atoms with E-state index in [0.29, 0.717) is 16.3 Å². The number of hydrogen-bond donors (Lipinski definition) is 0. The normalized spacial score (nSPS) is 10.5. The van der Waals surface area contributed by atoms with Crippen LogP contribution >= 0.6 is 23.2 Å². The minimum Gasteiger partial charge on any atom is -0.493 e. The third-order valence-electron chi connectivity index (χ3n) is 1.83. The molecule has 14 heavy (non-hydrogen) atoms. The van der Waals surface area contributed by atoms with Gasteiger partial charge in [-0.1, -0.05) is 11.6 Å². The van der Waals surface area contributed by atoms with Gasteiger partial charge in [0, 0.05) is 11.6 Å². The summed E-state index contributed by atoms with van der Waals surface area (Å²) in [6.07, 6.45) is 1.63. The lowest BCUT2D eigenvalue weighted by Gasteiger charge is -2.05. The highest BCUT2D eigenvalue weighted by atomic mass is 35.5. The molecule has 5 heteroatoms. The van der Waals surface area contributed by atoms with Crippen LogP contribution in [0, 0.1) is 0 Å². The van der Waals surface area contributed by atoms with E-state index in [9.17, 15) is 0 Å². The van der Waals surface area contributed by atoms with Crippen LogP contribution in [0.4, 0.5) is 0 Å². The van der Waals surface area contributed by atoms with Crippen molar-refractivity contribution in [3.05, 3.63) is 28.6 Å². The molecule has 0 amide bonds. The Labute approximate surface area is 90.6 Å². The molecule has 0 radical (unpaired) electrons. The molecule has 0 fully saturated rings. The molecule has 2 aromatic rings. The van der Waals surface area contributed by atoms with Gasteiger partial charge in [0.2, 0.25) is 5.28 Å². The molecule has 3 nitrogen and oxygen atoms in total. The number of rotatable bonds is 1. The Kier molecular flexibility index (Phi) is 2.44. The van der Waals surface area contributed by atoms with E-state index in [4.69, 9.17) is 27.9 Å². The van der Waals surface area contributed by atoms with Crippen LogP contribution in [0.3, 0.4) is 0 Å². The van der Waals surface area contributed by atoms with Crippen molar-refractivity contribution >= 4 is 34.1 Å². The minimum absolute atomic E-state index is 0.179. The second kappa shape index (κ2) is 3.59. The van der Waals surface area contributed by atoms with E-state index < -0.39 is 0 Å². The van der Waals surface area contributed by atoms with Crippen molar-refractivity contribution in [1.29, 1.82) is 0 Å². The van der Waals surface area contributed by atoms with Gasteiger partial charge in [-0.2, -0.15) is 0 Å². The topological polar surface area (TPSA) is 35.0 Å². The Morgan fingerprint density at radius 1 is 1.29 bits per heavy atom. The molecule has 0 saturated heterocycles. The number of benzene rings is 1. The lowest BCUT2D eigenvalue weighted by molar-refractivity contribution is 0.419. The van der Waals surface area contributed by atoms with Gasteiger partial charge in [0.25, 0.3) is 0 Å². The smallest absolute Gasteiger partial charge is 0.223 e. The van der Waals surface area contributed by atoms with Gasteiger partial charge in [0.15, 0.2) is 5.75 Å². The van der Waals surface area contributed by atoms with E-state index in [0.717, 1.165) is 5.39 Å². The summed E-state index contributed by atoms with van der Waals surface area (Å²) in [4.78, 5) is 7.92. The maximum atomic E-state index is 5.93. The largest absolute Gasteiger partial charge is 0.493 e. The number of halogens is 2. The zero-order valence-electron chi connectivity index (χ0n) is 7.29. The third-order valence-corrected chi connectivity index (χ3v) is 2.31. The monoisotopic (exact) mass is 228 g/mol. The van der Waals surface area contributed by atoms with Crippen molar-refractivity contribution in [1.82, 2.24) is 9.97 Å². The van der Waals surface area contributed by atoms with Crippen molar-refractivity contribution in [3.63, 3.8) is 0 Å². The minimum atomic E-state index is 0.179. The molecular weight excluding hydrogens is 223 g/mol. The fraction of sp³-hybridized carbons (Fsp3) is 0.111. The van der Waals surface area contributed by atoms with E-state index >= 15 is 0 Å². The van der Waals surface area contributed by atoms with Crippen LogP contribution in [0.25, 0.3) is 10.9 Å². The Balaban J connectivity index is 2.84. The number of ether oxygens (including phenoxy) is 1. The second-order valence-electron chi connectivity index (χ2n) is 2.66.